The number of carbonyl (C=O) groups is 1. The van der Waals surface area contributed by atoms with Crippen LogP contribution in [-0.2, 0) is 11.2 Å². The smallest absolute Gasteiger partial charge is 0.300 e. The summed E-state index contributed by atoms with van der Waals surface area (Å²) < 4.78 is 50.8. The number of rotatable bonds is 2. The van der Waals surface area contributed by atoms with E-state index in [0.717, 1.165) is 6.92 Å². The van der Waals surface area contributed by atoms with Crippen molar-refractivity contribution >= 4 is 5.97 Å². The summed E-state index contributed by atoms with van der Waals surface area (Å²) in [6.07, 6.45) is 0.420. The molecule has 1 aromatic carbocycles. The van der Waals surface area contributed by atoms with Gasteiger partial charge in [-0.2, -0.15) is 0 Å². The van der Waals surface area contributed by atoms with Crippen LogP contribution in [-0.4, -0.2) is 11.1 Å². The molecule has 0 saturated heterocycles. The molecule has 0 saturated carbocycles. The van der Waals surface area contributed by atoms with E-state index in [1.165, 1.54) is 0 Å². The fourth-order valence-electron chi connectivity index (χ4n) is 1.09. The topological polar surface area (TPSA) is 37.3 Å². The minimum atomic E-state index is -1.35. The van der Waals surface area contributed by atoms with Crippen LogP contribution >= 0.6 is 0 Å². The van der Waals surface area contributed by atoms with Crippen LogP contribution < -0.4 is 0 Å². The molecule has 17 heavy (non-hydrogen) atoms. The van der Waals surface area contributed by atoms with Crippen LogP contribution in [0, 0.1) is 23.3 Å². The lowest BCUT2D eigenvalue weighted by atomic mass is 10.1. The van der Waals surface area contributed by atoms with Gasteiger partial charge in [-0.25, -0.2) is 17.6 Å². The molecule has 0 amide bonds. The monoisotopic (exact) mass is 252 g/mol. The van der Waals surface area contributed by atoms with Crippen LogP contribution in [0.2, 0.25) is 0 Å². The molecule has 0 radical (unpaired) electrons. The number of aliphatic carboxylic acids is 1. The molecule has 1 aromatic rings. The van der Waals surface area contributed by atoms with Gasteiger partial charge in [0.25, 0.3) is 5.97 Å². The summed E-state index contributed by atoms with van der Waals surface area (Å²) >= 11 is 0. The average molecular weight is 252 g/mol. The summed E-state index contributed by atoms with van der Waals surface area (Å²) in [6.45, 7) is 2.75. The van der Waals surface area contributed by atoms with Crippen molar-refractivity contribution in [2.45, 2.75) is 26.7 Å². The second kappa shape index (κ2) is 6.88. The van der Waals surface area contributed by atoms with E-state index in [2.05, 4.69) is 0 Å². The lowest BCUT2D eigenvalue weighted by Gasteiger charge is -2.04. The average Bonchev–Trinajstić information content (AvgIpc) is 2.21. The third-order valence-corrected chi connectivity index (χ3v) is 1.70. The van der Waals surface area contributed by atoms with E-state index in [1.807, 2.05) is 0 Å². The first kappa shape index (κ1) is 15.4. The van der Waals surface area contributed by atoms with Crippen molar-refractivity contribution in [3.63, 3.8) is 0 Å². The Labute approximate surface area is 95.9 Å². The Bertz CT molecular complexity index is 375. The van der Waals surface area contributed by atoms with E-state index < -0.39 is 34.8 Å². The Balaban J connectivity index is 0.000000557. The number of carboxylic acids is 1. The fourth-order valence-corrected chi connectivity index (χ4v) is 1.09. The molecular formula is C11H12F4O2. The molecule has 0 bridgehead atoms. The molecule has 2 nitrogen and oxygen atoms in total. The first-order valence-corrected chi connectivity index (χ1v) is 4.82. The maximum absolute atomic E-state index is 12.8. The molecule has 0 aromatic heterocycles. The van der Waals surface area contributed by atoms with Crippen LogP contribution in [0.4, 0.5) is 17.6 Å². The molecule has 0 unspecified atom stereocenters. The van der Waals surface area contributed by atoms with Crippen molar-refractivity contribution in [3.05, 3.63) is 34.9 Å². The Morgan fingerprint density at radius 2 is 1.53 bits per heavy atom. The van der Waals surface area contributed by atoms with E-state index in [9.17, 15) is 17.6 Å². The Morgan fingerprint density at radius 3 is 1.82 bits per heavy atom. The van der Waals surface area contributed by atoms with E-state index in [1.54, 1.807) is 6.92 Å². The highest BCUT2D eigenvalue weighted by Gasteiger charge is 2.17. The summed E-state index contributed by atoms with van der Waals surface area (Å²) in [6, 6.07) is 0.212. The van der Waals surface area contributed by atoms with Gasteiger partial charge >= 0.3 is 0 Å². The summed E-state index contributed by atoms with van der Waals surface area (Å²) in [5.74, 6) is -6.11. The summed E-state index contributed by atoms with van der Waals surface area (Å²) in [5, 5.41) is 7.42. The van der Waals surface area contributed by atoms with Gasteiger partial charge in [0, 0.05) is 18.6 Å². The number of hydrogen-bond donors (Lipinski definition) is 1. The molecule has 96 valence electrons. The van der Waals surface area contributed by atoms with Crippen molar-refractivity contribution in [1.82, 2.24) is 0 Å². The van der Waals surface area contributed by atoms with Gasteiger partial charge in [0.15, 0.2) is 23.3 Å². The van der Waals surface area contributed by atoms with Gasteiger partial charge in [-0.3, -0.25) is 4.79 Å². The van der Waals surface area contributed by atoms with Crippen molar-refractivity contribution in [2.24, 2.45) is 0 Å². The molecule has 0 spiro atoms. The molecule has 1 rings (SSSR count). The van der Waals surface area contributed by atoms with Crippen LogP contribution in [0.5, 0.6) is 0 Å². The predicted octanol–water partition coefficient (Wildman–Crippen LogP) is 3.29. The molecule has 0 aliphatic rings. The number of benzene rings is 1. The lowest BCUT2D eigenvalue weighted by molar-refractivity contribution is -0.134. The second-order valence-corrected chi connectivity index (χ2v) is 3.22. The van der Waals surface area contributed by atoms with Gasteiger partial charge in [-0.1, -0.05) is 13.3 Å². The number of carboxylic acid groups (broad SMARTS) is 1. The zero-order valence-electron chi connectivity index (χ0n) is 9.36. The van der Waals surface area contributed by atoms with Gasteiger partial charge in [-0.15, -0.1) is 0 Å². The predicted molar refractivity (Wildman–Crippen MR) is 53.6 cm³/mol. The van der Waals surface area contributed by atoms with Crippen LogP contribution in [0.1, 0.15) is 25.8 Å². The van der Waals surface area contributed by atoms with E-state index in [0.29, 0.717) is 6.42 Å². The highest BCUT2D eigenvalue weighted by atomic mass is 19.2. The van der Waals surface area contributed by atoms with E-state index in [4.69, 9.17) is 9.90 Å². The van der Waals surface area contributed by atoms with Crippen LogP contribution in [0.25, 0.3) is 0 Å². The Morgan fingerprint density at radius 1 is 1.18 bits per heavy atom. The largest absolute Gasteiger partial charge is 0.481 e. The summed E-state index contributed by atoms with van der Waals surface area (Å²) in [5.41, 5.74) is -0.514. The molecule has 0 fully saturated rings. The molecule has 0 heterocycles. The third-order valence-electron chi connectivity index (χ3n) is 1.70. The molecule has 0 atom stereocenters. The Kier molecular flexibility index (Phi) is 6.23. The molecule has 6 heteroatoms. The lowest BCUT2D eigenvalue weighted by Crippen LogP contribution is -2.02. The molecular weight excluding hydrogens is 240 g/mol. The summed E-state index contributed by atoms with van der Waals surface area (Å²) in [4.78, 5) is 9.00. The summed E-state index contributed by atoms with van der Waals surface area (Å²) in [7, 11) is 0. The number of hydrogen-bond acceptors (Lipinski definition) is 1. The maximum atomic E-state index is 12.8. The quantitative estimate of drug-likeness (QED) is 0.647. The minimum Gasteiger partial charge on any atom is -0.481 e. The molecule has 1 N–H and O–H groups in total. The highest BCUT2D eigenvalue weighted by molar-refractivity contribution is 5.62. The molecule has 0 aliphatic carbocycles. The standard InChI is InChI=1S/C9H8F4.C2H4O2/c1-2-3-5-8(12)6(10)4-7(11)9(5)13;1-2(3)4/h4H,2-3H2,1H3;1H3,(H,3,4). The van der Waals surface area contributed by atoms with Crippen LogP contribution in [0.15, 0.2) is 6.07 Å². The highest BCUT2D eigenvalue weighted by Crippen LogP contribution is 2.20. The first-order valence-electron chi connectivity index (χ1n) is 4.82. The van der Waals surface area contributed by atoms with Crippen molar-refractivity contribution in [2.75, 3.05) is 0 Å². The van der Waals surface area contributed by atoms with Gasteiger partial charge in [0.1, 0.15) is 0 Å². The second-order valence-electron chi connectivity index (χ2n) is 3.22. The van der Waals surface area contributed by atoms with Gasteiger partial charge < -0.3 is 5.11 Å². The minimum absolute atomic E-state index is 0.00759. The fraction of sp³-hybridized carbons (Fsp3) is 0.364. The Hall–Kier alpha value is -1.59. The van der Waals surface area contributed by atoms with Crippen LogP contribution in [0.3, 0.4) is 0 Å². The van der Waals surface area contributed by atoms with Crippen molar-refractivity contribution < 1.29 is 27.5 Å². The zero-order valence-corrected chi connectivity index (χ0v) is 9.36. The van der Waals surface area contributed by atoms with E-state index in [-0.39, 0.29) is 12.5 Å². The van der Waals surface area contributed by atoms with Crippen molar-refractivity contribution in [1.29, 1.82) is 0 Å². The van der Waals surface area contributed by atoms with Gasteiger partial charge in [0.2, 0.25) is 0 Å². The normalized spacial score (nSPS) is 9.53. The SMILES string of the molecule is CC(=O)O.CCCc1c(F)c(F)cc(F)c1F. The molecule has 0 aliphatic heterocycles. The first-order chi connectivity index (χ1) is 7.81. The van der Waals surface area contributed by atoms with Crippen molar-refractivity contribution in [3.8, 4) is 0 Å². The van der Waals surface area contributed by atoms with Gasteiger partial charge in [-0.05, 0) is 6.42 Å². The third kappa shape index (κ3) is 4.84. The maximum Gasteiger partial charge on any atom is 0.300 e. The zero-order chi connectivity index (χ0) is 13.6. The number of halogens is 4. The van der Waals surface area contributed by atoms with Gasteiger partial charge in [0.05, 0.1) is 0 Å². The van der Waals surface area contributed by atoms with E-state index >= 15 is 0 Å².